The molecule has 0 radical (unpaired) electrons. The zero-order valence-electron chi connectivity index (χ0n) is 36.7. The van der Waals surface area contributed by atoms with Crippen LogP contribution in [0.4, 0.5) is 20.2 Å². The third-order valence-electron chi connectivity index (χ3n) is 11.5. The number of aliphatic hydroxyl groups is 1. The monoisotopic (exact) mass is 852 g/mol. The number of anilines is 2. The summed E-state index contributed by atoms with van der Waals surface area (Å²) in [6.07, 6.45) is 5.63. The van der Waals surface area contributed by atoms with E-state index in [0.29, 0.717) is 110 Å². The average Bonchev–Trinajstić information content (AvgIpc) is 3.26. The Morgan fingerprint density at radius 3 is 1.56 bits per heavy atom. The van der Waals surface area contributed by atoms with Gasteiger partial charge < -0.3 is 52.8 Å². The molecule has 14 nitrogen and oxygen atoms in total. The van der Waals surface area contributed by atoms with Crippen molar-refractivity contribution in [3.63, 3.8) is 0 Å². The fourth-order valence-corrected chi connectivity index (χ4v) is 8.04. The maximum Gasteiger partial charge on any atom is 0.200 e. The number of halogens is 2. The van der Waals surface area contributed by atoms with Crippen LogP contribution in [0.15, 0.2) is 34.1 Å². The summed E-state index contributed by atoms with van der Waals surface area (Å²) < 4.78 is 58.0. The van der Waals surface area contributed by atoms with E-state index in [1.54, 1.807) is 6.20 Å². The molecule has 0 amide bonds. The Bertz CT molecular complexity index is 2280. The van der Waals surface area contributed by atoms with Crippen molar-refractivity contribution in [2.75, 3.05) is 109 Å². The number of hydrogen-bond acceptors (Lipinski definition) is 12. The lowest BCUT2D eigenvalue weighted by Crippen LogP contribution is -2.45. The Morgan fingerprint density at radius 1 is 0.721 bits per heavy atom. The molecule has 2 aromatic heterocycles. The van der Waals surface area contributed by atoms with Gasteiger partial charge in [-0.25, -0.2) is 8.78 Å². The lowest BCUT2D eigenvalue weighted by atomic mass is 10.0. The third-order valence-corrected chi connectivity index (χ3v) is 11.5. The van der Waals surface area contributed by atoms with Crippen LogP contribution in [0, 0.1) is 11.6 Å². The summed E-state index contributed by atoms with van der Waals surface area (Å²) >= 11 is 0. The van der Waals surface area contributed by atoms with Crippen molar-refractivity contribution in [3.8, 4) is 11.5 Å². The summed E-state index contributed by atoms with van der Waals surface area (Å²) in [5.74, 6) is -0.0276. The van der Waals surface area contributed by atoms with E-state index in [-0.39, 0.29) is 28.5 Å². The summed E-state index contributed by atoms with van der Waals surface area (Å²) in [4.78, 5) is 45.7. The Kier molecular flexibility index (Phi) is 15.4. The van der Waals surface area contributed by atoms with E-state index in [4.69, 9.17) is 24.1 Å². The molecule has 61 heavy (non-hydrogen) atoms. The van der Waals surface area contributed by atoms with Gasteiger partial charge in [0, 0.05) is 84.6 Å². The summed E-state index contributed by atoms with van der Waals surface area (Å²) in [6.45, 7) is 18.2. The second kappa shape index (κ2) is 20.5. The lowest BCUT2D eigenvalue weighted by molar-refractivity contribution is -0.147. The number of carbonyl (C=O) groups excluding carboxylic acids is 1. The summed E-state index contributed by atoms with van der Waals surface area (Å²) in [7, 11) is 4.10. The minimum Gasteiger partial charge on any atom is -0.487 e. The van der Waals surface area contributed by atoms with Crippen molar-refractivity contribution >= 4 is 39.5 Å². The van der Waals surface area contributed by atoms with E-state index in [9.17, 15) is 18.8 Å². The van der Waals surface area contributed by atoms with Gasteiger partial charge in [-0.2, -0.15) is 0 Å². The molecule has 0 unspecified atom stereocenters. The first-order valence-corrected chi connectivity index (χ1v) is 21.6. The van der Waals surface area contributed by atoms with Gasteiger partial charge in [0.05, 0.1) is 45.0 Å². The van der Waals surface area contributed by atoms with E-state index in [1.165, 1.54) is 12.1 Å². The number of aromatic nitrogens is 2. The van der Waals surface area contributed by atoms with Crippen LogP contribution in [0.5, 0.6) is 11.5 Å². The zero-order valence-corrected chi connectivity index (χ0v) is 36.7. The molecule has 4 aliphatic rings. The molecule has 0 bridgehead atoms. The van der Waals surface area contributed by atoms with Crippen LogP contribution < -0.4 is 30.1 Å². The fraction of sp³-hybridized carbons (Fsp3) is 0.578. The molecular weight excluding hydrogens is 791 g/mol. The van der Waals surface area contributed by atoms with Crippen LogP contribution >= 0.6 is 0 Å². The number of benzene rings is 2. The second-order valence-corrected chi connectivity index (χ2v) is 16.3. The maximum absolute atomic E-state index is 15.5. The standard InChI is InChI=1S/C24H34FN3O4.C18H20FN3O3.C3H8O/c1-5-11-30-24(31-12-6-2)18-14-28-16(3)15-32-23-20(28)17(22(18)29)13-19(25)21(23)27-9-7-26(4)8-10-27;1-11-10-25-18-15-13(17(24)12(9-23)8-22(11)15)7-14(19)16(18)21-5-3-20(2)4-6-21;1-2-3-4/h13-14,16,24H,5-12,15H2,1-4H3;7-9,11H,3-6,10H2,1-2H3;4H,2-3H2,1H3/t16-;11-;/m00./s1. The molecule has 334 valence electrons. The Labute approximate surface area is 356 Å². The molecule has 2 saturated heterocycles. The second-order valence-electron chi connectivity index (χ2n) is 16.3. The minimum atomic E-state index is -0.769. The molecule has 0 aliphatic carbocycles. The van der Waals surface area contributed by atoms with Crippen molar-refractivity contribution < 1.29 is 37.6 Å². The van der Waals surface area contributed by atoms with Crippen LogP contribution in [0.25, 0.3) is 21.8 Å². The molecule has 2 aromatic carbocycles. The molecular formula is C45H62F2N6O8. The van der Waals surface area contributed by atoms with E-state index in [2.05, 4.69) is 16.8 Å². The smallest absolute Gasteiger partial charge is 0.200 e. The number of hydrogen-bond donors (Lipinski definition) is 1. The molecule has 16 heteroatoms. The summed E-state index contributed by atoms with van der Waals surface area (Å²) in [5.41, 5.74) is 1.83. The van der Waals surface area contributed by atoms with E-state index >= 15 is 4.39 Å². The number of aldehydes is 1. The highest BCUT2D eigenvalue weighted by Gasteiger charge is 2.33. The quantitative estimate of drug-likeness (QED) is 0.146. The van der Waals surface area contributed by atoms with E-state index in [0.717, 1.165) is 45.4 Å². The van der Waals surface area contributed by atoms with E-state index < -0.39 is 23.4 Å². The molecule has 2 fully saturated rings. The highest BCUT2D eigenvalue weighted by molar-refractivity contribution is 5.95. The molecule has 0 spiro atoms. The number of nitrogens with zero attached hydrogens (tertiary/aromatic N) is 6. The van der Waals surface area contributed by atoms with Crippen molar-refractivity contribution in [1.82, 2.24) is 18.9 Å². The highest BCUT2D eigenvalue weighted by Crippen LogP contribution is 2.44. The van der Waals surface area contributed by atoms with Gasteiger partial charge in [0.2, 0.25) is 0 Å². The largest absolute Gasteiger partial charge is 0.487 e. The number of pyridine rings is 2. The predicted molar refractivity (Wildman–Crippen MR) is 234 cm³/mol. The van der Waals surface area contributed by atoms with Crippen molar-refractivity contribution in [2.45, 2.75) is 72.3 Å². The predicted octanol–water partition coefficient (Wildman–Crippen LogP) is 5.74. The molecule has 4 aliphatic heterocycles. The van der Waals surface area contributed by atoms with Gasteiger partial charge in [-0.1, -0.05) is 20.8 Å². The molecule has 8 rings (SSSR count). The number of likely N-dealkylation sites (N-methyl/N-ethyl adjacent to an activating group) is 2. The first-order chi connectivity index (χ1) is 29.4. The van der Waals surface area contributed by atoms with Gasteiger partial charge in [-0.05, 0) is 59.3 Å². The number of carbonyl (C=O) groups is 1. The number of ether oxygens (including phenoxy) is 4. The van der Waals surface area contributed by atoms with Crippen molar-refractivity contribution in [3.05, 3.63) is 67.7 Å². The fourth-order valence-electron chi connectivity index (χ4n) is 8.04. The van der Waals surface area contributed by atoms with Crippen LogP contribution in [0.2, 0.25) is 0 Å². The molecule has 4 aromatic rings. The van der Waals surface area contributed by atoms with Gasteiger partial charge in [0.25, 0.3) is 0 Å². The van der Waals surface area contributed by atoms with Gasteiger partial charge in [0.1, 0.15) is 24.6 Å². The lowest BCUT2D eigenvalue weighted by Gasteiger charge is -2.37. The van der Waals surface area contributed by atoms with Gasteiger partial charge in [-0.3, -0.25) is 14.4 Å². The summed E-state index contributed by atoms with van der Waals surface area (Å²) in [5, 5.41) is 8.38. The SMILES string of the molecule is CCCO.CCCOC(OCCC)c1cn2c3c(c(N4CCN(C)CC4)c(F)cc3c1=O)OC[C@@H]2C.C[C@H]1COc2c(N3CCN(C)CC3)c(F)cc3c(=O)c(C=O)cn1c23. The first-order valence-electron chi connectivity index (χ1n) is 21.6. The number of aliphatic hydroxyl groups excluding tert-OH is 1. The third kappa shape index (κ3) is 9.58. The normalized spacial score (nSPS) is 18.9. The summed E-state index contributed by atoms with van der Waals surface area (Å²) in [6, 6.07) is 2.57. The highest BCUT2D eigenvalue weighted by atomic mass is 19.1. The Hall–Kier alpha value is -4.61. The Morgan fingerprint density at radius 2 is 1.15 bits per heavy atom. The Balaban J connectivity index is 0.000000192. The minimum absolute atomic E-state index is 0.00634. The average molecular weight is 853 g/mol. The first kappa shape index (κ1) is 45.9. The number of rotatable bonds is 11. The molecule has 2 atom stereocenters. The molecule has 1 N–H and O–H groups in total. The van der Waals surface area contributed by atoms with Crippen LogP contribution in [0.1, 0.15) is 88.2 Å². The van der Waals surface area contributed by atoms with Crippen LogP contribution in [-0.2, 0) is 9.47 Å². The van der Waals surface area contributed by atoms with Gasteiger partial charge in [-0.15, -0.1) is 0 Å². The zero-order chi connectivity index (χ0) is 44.0. The number of piperazine rings is 2. The van der Waals surface area contributed by atoms with Crippen molar-refractivity contribution in [1.29, 1.82) is 0 Å². The van der Waals surface area contributed by atoms with Gasteiger partial charge in [0.15, 0.2) is 46.6 Å². The van der Waals surface area contributed by atoms with Gasteiger partial charge >= 0.3 is 0 Å². The van der Waals surface area contributed by atoms with Crippen LogP contribution in [0.3, 0.4) is 0 Å². The topological polar surface area (TPSA) is 131 Å². The maximum atomic E-state index is 15.5. The molecule has 6 heterocycles. The molecule has 0 saturated carbocycles. The van der Waals surface area contributed by atoms with Crippen LogP contribution in [-0.4, -0.2) is 130 Å². The van der Waals surface area contributed by atoms with E-state index in [1.807, 2.05) is 66.8 Å². The van der Waals surface area contributed by atoms with Crippen molar-refractivity contribution in [2.24, 2.45) is 0 Å².